The molecule has 0 saturated carbocycles. The molecule has 0 bridgehead atoms. The average molecular weight is 833 g/mol. The molecule has 15 heteroatoms. The van der Waals surface area contributed by atoms with E-state index in [-0.39, 0.29) is 23.6 Å². The Labute approximate surface area is 349 Å². The summed E-state index contributed by atoms with van der Waals surface area (Å²) in [5.41, 5.74) is 10.9. The van der Waals surface area contributed by atoms with Crippen LogP contribution in [0.1, 0.15) is 103 Å². The SMILES string of the molecule is C/C=C/Cl.C/C=C1\CN(C(=O)c2ccc(CNC(=O)OC(C)(C)C)c(F)c2)Cc2cnn(C)c2N1.CC.CC.CC.Cn1ncc(CNc2ccc(Cl)cc2)c1N. The number of nitrogen functional groups attached to an aromatic ring is 1. The molecule has 3 heterocycles. The van der Waals surface area contributed by atoms with E-state index in [9.17, 15) is 14.0 Å². The molecule has 12 nitrogen and oxygen atoms in total. The molecule has 57 heavy (non-hydrogen) atoms. The van der Waals surface area contributed by atoms with Crippen molar-refractivity contribution < 1.29 is 18.7 Å². The molecule has 0 aliphatic carbocycles. The van der Waals surface area contributed by atoms with Crippen molar-refractivity contribution in [3.05, 3.63) is 111 Å². The van der Waals surface area contributed by atoms with Gasteiger partial charge in [0.25, 0.3) is 5.91 Å². The minimum Gasteiger partial charge on any atom is -0.444 e. The van der Waals surface area contributed by atoms with Crippen LogP contribution >= 0.6 is 23.2 Å². The number of rotatable bonds is 6. The molecule has 2 amide bonds. The lowest BCUT2D eigenvalue weighted by Gasteiger charge is -2.21. The van der Waals surface area contributed by atoms with Crippen LogP contribution in [-0.2, 0) is 38.5 Å². The zero-order chi connectivity index (χ0) is 43.7. The second kappa shape index (κ2) is 27.6. The van der Waals surface area contributed by atoms with E-state index in [0.29, 0.717) is 25.5 Å². The second-order valence-electron chi connectivity index (χ2n) is 12.4. The molecular weight excluding hydrogens is 768 g/mol. The number of anilines is 3. The molecule has 5 N–H and O–H groups in total. The quantitative estimate of drug-likeness (QED) is 0.150. The standard InChI is InChI=1S/C22H28FN5O3.C11H13ClN4.C3H5Cl.3C2H6/c1-6-17-13-28(12-16-11-25-27(5)19(16)26-17)20(29)14-7-8-15(18(23)9-14)10-24-21(30)31-22(2,3)4;1-16-11(13)8(7-15-16)6-14-10-4-2-9(12)3-5-10;1-2-3-4;3*1-2/h6-9,11,26H,10,12-13H2,1-5H3,(H,24,30);2-5,7,14H,6,13H2,1H3;2-3H,1H3;3*1-2H3/b17-6+;;3-2+;;;. The van der Waals surface area contributed by atoms with Crippen LogP contribution in [0.2, 0.25) is 5.02 Å². The van der Waals surface area contributed by atoms with Gasteiger partial charge in [0.2, 0.25) is 0 Å². The van der Waals surface area contributed by atoms with Crippen LogP contribution in [0.25, 0.3) is 0 Å². The van der Waals surface area contributed by atoms with Crippen molar-refractivity contribution in [2.75, 3.05) is 22.9 Å². The number of aromatic nitrogens is 4. The molecule has 0 unspecified atom stereocenters. The van der Waals surface area contributed by atoms with E-state index in [1.165, 1.54) is 17.7 Å². The fraction of sp³-hybridized carbons (Fsp3) is 0.429. The van der Waals surface area contributed by atoms with E-state index in [1.807, 2.05) is 99.8 Å². The number of nitrogens with zero attached hydrogens (tertiary/aromatic N) is 5. The minimum atomic E-state index is -0.638. The van der Waals surface area contributed by atoms with Crippen LogP contribution in [0.4, 0.5) is 26.5 Å². The molecule has 0 saturated heterocycles. The van der Waals surface area contributed by atoms with Crippen molar-refractivity contribution in [2.24, 2.45) is 14.1 Å². The van der Waals surface area contributed by atoms with Gasteiger partial charge in [-0.05, 0) is 76.6 Å². The third-order valence-electron chi connectivity index (χ3n) is 7.29. The Bertz CT molecular complexity index is 1830. The number of benzene rings is 2. The number of alkyl carbamates (subject to hydrolysis) is 1. The average Bonchev–Trinajstić information content (AvgIpc) is 3.64. The number of fused-ring (bicyclic) bond motifs is 1. The minimum absolute atomic E-state index is 0.0371. The molecule has 0 radical (unpaired) electrons. The summed E-state index contributed by atoms with van der Waals surface area (Å²) in [5, 5.41) is 18.1. The highest BCUT2D eigenvalue weighted by atomic mass is 35.5. The summed E-state index contributed by atoms with van der Waals surface area (Å²) in [4.78, 5) is 26.5. The number of carbonyl (C=O) groups is 2. The Kier molecular flexibility index (Phi) is 25.1. The maximum atomic E-state index is 14.6. The van der Waals surface area contributed by atoms with E-state index in [4.69, 9.17) is 33.7 Å². The van der Waals surface area contributed by atoms with Crippen LogP contribution < -0.4 is 21.7 Å². The molecule has 2 aromatic carbocycles. The highest BCUT2D eigenvalue weighted by Gasteiger charge is 2.25. The fourth-order valence-electron chi connectivity index (χ4n) is 4.61. The van der Waals surface area contributed by atoms with Crippen molar-refractivity contribution in [2.45, 2.75) is 101 Å². The van der Waals surface area contributed by atoms with Crippen LogP contribution in [0, 0.1) is 5.82 Å². The Morgan fingerprint density at radius 3 is 2.04 bits per heavy atom. The Morgan fingerprint density at radius 1 is 0.930 bits per heavy atom. The van der Waals surface area contributed by atoms with E-state index >= 15 is 0 Å². The summed E-state index contributed by atoms with van der Waals surface area (Å²) < 4.78 is 23.2. The molecular formula is C42H64Cl2FN9O3. The summed E-state index contributed by atoms with van der Waals surface area (Å²) in [5.74, 6) is 0.659. The predicted molar refractivity (Wildman–Crippen MR) is 236 cm³/mol. The van der Waals surface area contributed by atoms with Gasteiger partial charge in [0, 0.05) is 65.8 Å². The number of nitrogens with two attached hydrogens (primary N) is 1. The number of carbonyl (C=O) groups excluding carboxylic acids is 2. The first-order chi connectivity index (χ1) is 27.1. The van der Waals surface area contributed by atoms with Crippen molar-refractivity contribution >= 4 is 52.5 Å². The monoisotopic (exact) mass is 831 g/mol. The zero-order valence-electron chi connectivity index (χ0n) is 35.9. The number of ether oxygens (including phenoxy) is 1. The van der Waals surface area contributed by atoms with Gasteiger partial charge in [-0.25, -0.2) is 9.18 Å². The molecule has 316 valence electrons. The van der Waals surface area contributed by atoms with E-state index < -0.39 is 17.5 Å². The predicted octanol–water partition coefficient (Wildman–Crippen LogP) is 10.7. The molecule has 2 aromatic heterocycles. The van der Waals surface area contributed by atoms with Gasteiger partial charge in [0.05, 0.1) is 25.5 Å². The second-order valence-corrected chi connectivity index (χ2v) is 13.1. The number of aryl methyl sites for hydroxylation is 2. The Balaban J connectivity index is 0.00000101. The number of nitrogens with one attached hydrogen (secondary N) is 3. The van der Waals surface area contributed by atoms with Gasteiger partial charge in [-0.3, -0.25) is 14.2 Å². The lowest BCUT2D eigenvalue weighted by Crippen LogP contribution is -2.33. The van der Waals surface area contributed by atoms with Gasteiger partial charge >= 0.3 is 6.09 Å². The van der Waals surface area contributed by atoms with Crippen molar-refractivity contribution in [1.82, 2.24) is 29.8 Å². The first-order valence-corrected chi connectivity index (χ1v) is 19.9. The summed E-state index contributed by atoms with van der Waals surface area (Å²) in [7, 11) is 3.65. The maximum Gasteiger partial charge on any atom is 0.407 e. The van der Waals surface area contributed by atoms with Crippen molar-refractivity contribution in [3.8, 4) is 0 Å². The lowest BCUT2D eigenvalue weighted by atomic mass is 10.1. The van der Waals surface area contributed by atoms with Crippen molar-refractivity contribution in [1.29, 1.82) is 0 Å². The Hall–Kier alpha value is -5.01. The van der Waals surface area contributed by atoms with Crippen LogP contribution in [0.3, 0.4) is 0 Å². The smallest absolute Gasteiger partial charge is 0.407 e. The normalized spacial score (nSPS) is 12.1. The molecule has 1 aliphatic heterocycles. The summed E-state index contributed by atoms with van der Waals surface area (Å²) in [6, 6.07) is 11.8. The van der Waals surface area contributed by atoms with Crippen LogP contribution in [0.15, 0.2) is 78.2 Å². The topological polar surface area (TPSA) is 144 Å². The molecule has 0 spiro atoms. The lowest BCUT2D eigenvalue weighted by molar-refractivity contribution is 0.0522. The van der Waals surface area contributed by atoms with E-state index in [1.54, 1.807) is 59.6 Å². The van der Waals surface area contributed by atoms with Crippen LogP contribution in [0.5, 0.6) is 0 Å². The Morgan fingerprint density at radius 2 is 1.53 bits per heavy atom. The number of halogens is 3. The fourth-order valence-corrected chi connectivity index (χ4v) is 4.73. The third kappa shape index (κ3) is 18.2. The van der Waals surface area contributed by atoms with Gasteiger partial charge in [-0.15, -0.1) is 0 Å². The van der Waals surface area contributed by atoms with Gasteiger partial charge < -0.3 is 31.3 Å². The summed E-state index contributed by atoms with van der Waals surface area (Å²) in [6.45, 7) is 22.3. The zero-order valence-corrected chi connectivity index (χ0v) is 37.4. The van der Waals surface area contributed by atoms with Gasteiger partial charge in [-0.1, -0.05) is 83.0 Å². The first-order valence-electron chi connectivity index (χ1n) is 19.1. The third-order valence-corrected chi connectivity index (χ3v) is 7.80. The number of amides is 2. The summed E-state index contributed by atoms with van der Waals surface area (Å²) >= 11 is 10.8. The molecule has 1 aliphatic rings. The molecule has 5 rings (SSSR count). The maximum absolute atomic E-state index is 14.6. The van der Waals surface area contributed by atoms with Crippen molar-refractivity contribution in [3.63, 3.8) is 0 Å². The first kappa shape index (κ1) is 52.0. The number of hydrogen-bond donors (Lipinski definition) is 4. The molecule has 0 fully saturated rings. The highest BCUT2D eigenvalue weighted by Crippen LogP contribution is 2.25. The molecule has 4 aromatic rings. The summed E-state index contributed by atoms with van der Waals surface area (Å²) in [6.07, 6.45) is 6.51. The van der Waals surface area contributed by atoms with Gasteiger partial charge in [0.15, 0.2) is 0 Å². The van der Waals surface area contributed by atoms with E-state index in [2.05, 4.69) is 26.1 Å². The highest BCUT2D eigenvalue weighted by molar-refractivity contribution is 6.30. The van der Waals surface area contributed by atoms with Gasteiger partial charge in [-0.2, -0.15) is 10.2 Å². The molecule has 0 atom stereocenters. The van der Waals surface area contributed by atoms with E-state index in [0.717, 1.165) is 33.4 Å². The number of hydrogen-bond acceptors (Lipinski definition) is 8. The van der Waals surface area contributed by atoms with Gasteiger partial charge in [0.1, 0.15) is 23.1 Å². The largest absolute Gasteiger partial charge is 0.444 e. The number of allylic oxidation sites excluding steroid dienone is 2. The van der Waals surface area contributed by atoms with Crippen LogP contribution in [-0.4, -0.2) is 48.6 Å².